The summed E-state index contributed by atoms with van der Waals surface area (Å²) in [5.41, 5.74) is 0.554. The average Bonchev–Trinajstić information content (AvgIpc) is 2.34. The van der Waals surface area contributed by atoms with Gasteiger partial charge >= 0.3 is 0 Å². The summed E-state index contributed by atoms with van der Waals surface area (Å²) in [4.78, 5) is 0. The van der Waals surface area contributed by atoms with E-state index in [-0.39, 0.29) is 18.0 Å². The molecule has 1 N–H and O–H groups in total. The quantitative estimate of drug-likeness (QED) is 0.830. The summed E-state index contributed by atoms with van der Waals surface area (Å²) in [6.07, 6.45) is 0.0928. The van der Waals surface area contributed by atoms with Gasteiger partial charge in [0.05, 0.1) is 13.2 Å². The van der Waals surface area contributed by atoms with Crippen LogP contribution in [-0.4, -0.2) is 26.9 Å². The van der Waals surface area contributed by atoms with Crippen LogP contribution in [0.4, 0.5) is 4.39 Å². The number of methoxy groups -OCH3 is 2. The van der Waals surface area contributed by atoms with E-state index in [4.69, 9.17) is 9.47 Å². The number of benzene rings is 1. The zero-order valence-corrected chi connectivity index (χ0v) is 10.8. The molecule has 0 aliphatic carbocycles. The molecule has 2 unspecified atom stereocenters. The summed E-state index contributed by atoms with van der Waals surface area (Å²) in [6, 6.07) is 4.72. The molecule has 17 heavy (non-hydrogen) atoms. The zero-order valence-electron chi connectivity index (χ0n) is 10.8. The van der Waals surface area contributed by atoms with E-state index in [1.807, 2.05) is 13.8 Å². The number of nitrogens with one attached hydrogen (secondary N) is 1. The van der Waals surface area contributed by atoms with E-state index < -0.39 is 0 Å². The summed E-state index contributed by atoms with van der Waals surface area (Å²) >= 11 is 0. The molecule has 0 bridgehead atoms. The molecule has 0 saturated carbocycles. The van der Waals surface area contributed by atoms with Gasteiger partial charge in [-0.05, 0) is 26.0 Å². The van der Waals surface area contributed by atoms with E-state index in [9.17, 15) is 4.39 Å². The van der Waals surface area contributed by atoms with Crippen LogP contribution in [0, 0.1) is 5.82 Å². The lowest BCUT2D eigenvalue weighted by atomic mass is 10.1. The monoisotopic (exact) mass is 241 g/mol. The van der Waals surface area contributed by atoms with Crippen molar-refractivity contribution in [3.8, 4) is 5.75 Å². The van der Waals surface area contributed by atoms with Crippen molar-refractivity contribution in [1.82, 2.24) is 5.32 Å². The second-order valence-corrected chi connectivity index (χ2v) is 4.03. The predicted molar refractivity (Wildman–Crippen MR) is 65.8 cm³/mol. The minimum Gasteiger partial charge on any atom is -0.496 e. The second-order valence-electron chi connectivity index (χ2n) is 4.03. The standard InChI is InChI=1S/C13H20FNO2/c1-9(16-3)8-15-10(2)13-11(14)6-5-7-12(13)17-4/h5-7,9-10,15H,8H2,1-4H3. The molecular formula is C13H20FNO2. The maximum absolute atomic E-state index is 13.7. The van der Waals surface area contributed by atoms with Gasteiger partial charge < -0.3 is 14.8 Å². The molecule has 1 aromatic carbocycles. The highest BCUT2D eigenvalue weighted by atomic mass is 19.1. The van der Waals surface area contributed by atoms with E-state index in [0.29, 0.717) is 17.9 Å². The molecular weight excluding hydrogens is 221 g/mol. The van der Waals surface area contributed by atoms with Gasteiger partial charge in [0.1, 0.15) is 11.6 Å². The fourth-order valence-electron chi connectivity index (χ4n) is 1.64. The van der Waals surface area contributed by atoms with Crippen molar-refractivity contribution in [2.75, 3.05) is 20.8 Å². The molecule has 0 heterocycles. The molecule has 0 spiro atoms. The van der Waals surface area contributed by atoms with Crippen LogP contribution in [0.15, 0.2) is 18.2 Å². The minimum absolute atomic E-state index is 0.0928. The normalized spacial score (nSPS) is 14.4. The van der Waals surface area contributed by atoms with Crippen LogP contribution < -0.4 is 10.1 Å². The van der Waals surface area contributed by atoms with Gasteiger partial charge in [0, 0.05) is 25.3 Å². The third-order valence-corrected chi connectivity index (χ3v) is 2.78. The van der Waals surface area contributed by atoms with Crippen LogP contribution in [0.5, 0.6) is 5.75 Å². The van der Waals surface area contributed by atoms with Gasteiger partial charge in [-0.25, -0.2) is 4.39 Å². The average molecular weight is 241 g/mol. The molecule has 0 aromatic heterocycles. The largest absolute Gasteiger partial charge is 0.496 e. The number of hydrogen-bond acceptors (Lipinski definition) is 3. The molecule has 0 aliphatic rings. The third kappa shape index (κ3) is 3.68. The Morgan fingerprint density at radius 2 is 2.00 bits per heavy atom. The van der Waals surface area contributed by atoms with E-state index in [0.717, 1.165) is 0 Å². The first kappa shape index (κ1) is 13.9. The van der Waals surface area contributed by atoms with E-state index in [1.54, 1.807) is 26.4 Å². The SMILES string of the molecule is COc1cccc(F)c1C(C)NCC(C)OC. The molecule has 1 rings (SSSR count). The minimum atomic E-state index is -0.255. The Balaban J connectivity index is 2.77. The lowest BCUT2D eigenvalue weighted by Gasteiger charge is -2.19. The molecule has 4 heteroatoms. The van der Waals surface area contributed by atoms with Crippen LogP contribution in [0.2, 0.25) is 0 Å². The maximum atomic E-state index is 13.7. The Kier molecular flexibility index (Phi) is 5.38. The summed E-state index contributed by atoms with van der Waals surface area (Å²) in [5.74, 6) is 0.310. The van der Waals surface area contributed by atoms with Crippen molar-refractivity contribution < 1.29 is 13.9 Å². The molecule has 0 radical (unpaired) electrons. The Labute approximate surface area is 102 Å². The summed E-state index contributed by atoms with van der Waals surface area (Å²) in [7, 11) is 3.20. The van der Waals surface area contributed by atoms with Crippen LogP contribution in [-0.2, 0) is 4.74 Å². The first-order valence-electron chi connectivity index (χ1n) is 5.68. The fourth-order valence-corrected chi connectivity index (χ4v) is 1.64. The van der Waals surface area contributed by atoms with Crippen molar-refractivity contribution in [1.29, 1.82) is 0 Å². The number of halogens is 1. The topological polar surface area (TPSA) is 30.5 Å². The summed E-state index contributed by atoms with van der Waals surface area (Å²) in [6.45, 7) is 4.52. The molecule has 3 nitrogen and oxygen atoms in total. The summed E-state index contributed by atoms with van der Waals surface area (Å²) < 4.78 is 24.0. The fraction of sp³-hybridized carbons (Fsp3) is 0.538. The van der Waals surface area contributed by atoms with Crippen LogP contribution in [0.25, 0.3) is 0 Å². The molecule has 0 saturated heterocycles. The highest BCUT2D eigenvalue weighted by molar-refractivity contribution is 5.36. The Morgan fingerprint density at radius 3 is 2.59 bits per heavy atom. The summed E-state index contributed by atoms with van der Waals surface area (Å²) in [5, 5.41) is 3.22. The zero-order chi connectivity index (χ0) is 12.8. The van der Waals surface area contributed by atoms with Gasteiger partial charge in [-0.3, -0.25) is 0 Å². The van der Waals surface area contributed by atoms with Crippen LogP contribution in [0.1, 0.15) is 25.5 Å². The highest BCUT2D eigenvalue weighted by Crippen LogP contribution is 2.27. The molecule has 0 amide bonds. The first-order valence-corrected chi connectivity index (χ1v) is 5.68. The maximum Gasteiger partial charge on any atom is 0.131 e. The second kappa shape index (κ2) is 6.57. The number of ether oxygens (including phenoxy) is 2. The van der Waals surface area contributed by atoms with E-state index in [2.05, 4.69) is 5.32 Å². The van der Waals surface area contributed by atoms with Gasteiger partial charge in [-0.15, -0.1) is 0 Å². The molecule has 2 atom stereocenters. The first-order chi connectivity index (χ1) is 8.10. The van der Waals surface area contributed by atoms with E-state index >= 15 is 0 Å². The third-order valence-electron chi connectivity index (χ3n) is 2.78. The van der Waals surface area contributed by atoms with Gasteiger partial charge in [-0.2, -0.15) is 0 Å². The Morgan fingerprint density at radius 1 is 1.29 bits per heavy atom. The Hall–Kier alpha value is -1.13. The van der Waals surface area contributed by atoms with Crippen molar-refractivity contribution in [3.63, 3.8) is 0 Å². The molecule has 0 fully saturated rings. The van der Waals surface area contributed by atoms with Crippen molar-refractivity contribution in [2.24, 2.45) is 0 Å². The predicted octanol–water partition coefficient (Wildman–Crippen LogP) is 2.52. The smallest absolute Gasteiger partial charge is 0.131 e. The van der Waals surface area contributed by atoms with E-state index in [1.165, 1.54) is 6.07 Å². The van der Waals surface area contributed by atoms with Crippen molar-refractivity contribution >= 4 is 0 Å². The highest BCUT2D eigenvalue weighted by Gasteiger charge is 2.16. The van der Waals surface area contributed by atoms with Crippen LogP contribution in [0.3, 0.4) is 0 Å². The van der Waals surface area contributed by atoms with Crippen LogP contribution >= 0.6 is 0 Å². The van der Waals surface area contributed by atoms with Crippen molar-refractivity contribution in [2.45, 2.75) is 26.0 Å². The van der Waals surface area contributed by atoms with Gasteiger partial charge in [0.15, 0.2) is 0 Å². The lowest BCUT2D eigenvalue weighted by molar-refractivity contribution is 0.114. The van der Waals surface area contributed by atoms with Crippen molar-refractivity contribution in [3.05, 3.63) is 29.6 Å². The lowest BCUT2D eigenvalue weighted by Crippen LogP contribution is -2.29. The van der Waals surface area contributed by atoms with Gasteiger partial charge in [0.2, 0.25) is 0 Å². The van der Waals surface area contributed by atoms with Gasteiger partial charge in [-0.1, -0.05) is 6.07 Å². The number of hydrogen-bond donors (Lipinski definition) is 1. The molecule has 0 aliphatic heterocycles. The van der Waals surface area contributed by atoms with Gasteiger partial charge in [0.25, 0.3) is 0 Å². The molecule has 1 aromatic rings. The molecule has 96 valence electrons. The Bertz CT molecular complexity index is 357. The number of rotatable bonds is 6.